The van der Waals surface area contributed by atoms with Crippen molar-refractivity contribution < 1.29 is 9.21 Å². The van der Waals surface area contributed by atoms with Gasteiger partial charge in [0.05, 0.1) is 12.7 Å². The van der Waals surface area contributed by atoms with E-state index in [9.17, 15) is 4.79 Å². The zero-order valence-electron chi connectivity index (χ0n) is 11.1. The third kappa shape index (κ3) is 2.36. The number of carbonyl (C=O) groups is 1. The van der Waals surface area contributed by atoms with E-state index in [1.807, 2.05) is 30.0 Å². The number of benzene rings is 1. The molecule has 1 amide bonds. The molecule has 2 aromatic rings. The zero-order valence-corrected chi connectivity index (χ0v) is 11.1. The lowest BCUT2D eigenvalue weighted by atomic mass is 10.1. The van der Waals surface area contributed by atoms with Crippen molar-refractivity contribution in [3.63, 3.8) is 0 Å². The molecule has 1 fully saturated rings. The van der Waals surface area contributed by atoms with Crippen molar-refractivity contribution >= 4 is 16.9 Å². The van der Waals surface area contributed by atoms with Gasteiger partial charge in [-0.05, 0) is 25.0 Å². The molecule has 2 N–H and O–H groups in total. The number of likely N-dealkylation sites (tertiary alicyclic amines) is 1. The highest BCUT2D eigenvalue weighted by Crippen LogP contribution is 2.23. The van der Waals surface area contributed by atoms with Gasteiger partial charge in [-0.25, -0.2) is 0 Å². The molecule has 19 heavy (non-hydrogen) atoms. The van der Waals surface area contributed by atoms with Gasteiger partial charge in [-0.1, -0.05) is 12.1 Å². The summed E-state index contributed by atoms with van der Waals surface area (Å²) in [7, 11) is 0. The van der Waals surface area contributed by atoms with Crippen molar-refractivity contribution in [3.8, 4) is 0 Å². The van der Waals surface area contributed by atoms with E-state index in [4.69, 9.17) is 10.2 Å². The van der Waals surface area contributed by atoms with E-state index in [0.717, 1.165) is 35.1 Å². The monoisotopic (exact) mass is 258 g/mol. The highest BCUT2D eigenvalue weighted by atomic mass is 16.3. The standard InChI is InChI=1S/C15H18N2O2/c1-10-2-3-13-11(9-19-14(13)6-10)7-15(18)17-5-4-12(16)8-17/h2-3,6,9,12H,4-5,7-8,16H2,1H3/t12-/m1/s1. The Bertz CT molecular complexity index is 618. The van der Waals surface area contributed by atoms with Crippen LogP contribution in [0.5, 0.6) is 0 Å². The summed E-state index contributed by atoms with van der Waals surface area (Å²) in [6, 6.07) is 6.19. The summed E-state index contributed by atoms with van der Waals surface area (Å²) in [6.07, 6.45) is 2.98. The number of hydrogen-bond donors (Lipinski definition) is 1. The third-order valence-electron chi connectivity index (χ3n) is 3.73. The number of nitrogens with zero attached hydrogens (tertiary/aromatic N) is 1. The molecule has 3 rings (SSSR count). The second-order valence-corrected chi connectivity index (χ2v) is 5.33. The summed E-state index contributed by atoms with van der Waals surface area (Å²) in [4.78, 5) is 14.0. The summed E-state index contributed by atoms with van der Waals surface area (Å²) in [5.41, 5.74) is 8.80. The number of furan rings is 1. The van der Waals surface area contributed by atoms with Crippen LogP contribution < -0.4 is 5.73 Å². The smallest absolute Gasteiger partial charge is 0.227 e. The Morgan fingerprint density at radius 3 is 3.11 bits per heavy atom. The summed E-state index contributed by atoms with van der Waals surface area (Å²) in [5, 5.41) is 1.03. The van der Waals surface area contributed by atoms with Crippen LogP contribution in [0.25, 0.3) is 11.0 Å². The largest absolute Gasteiger partial charge is 0.464 e. The van der Waals surface area contributed by atoms with Gasteiger partial charge in [-0.15, -0.1) is 0 Å². The lowest BCUT2D eigenvalue weighted by Crippen LogP contribution is -2.32. The van der Waals surface area contributed by atoms with Crippen LogP contribution in [0.3, 0.4) is 0 Å². The summed E-state index contributed by atoms with van der Waals surface area (Å²) < 4.78 is 5.52. The normalized spacial score (nSPS) is 19.3. The molecule has 1 aliphatic rings. The second kappa shape index (κ2) is 4.70. The second-order valence-electron chi connectivity index (χ2n) is 5.33. The molecule has 0 bridgehead atoms. The van der Waals surface area contributed by atoms with Gasteiger partial charge in [-0.3, -0.25) is 4.79 Å². The minimum absolute atomic E-state index is 0.132. The van der Waals surface area contributed by atoms with Gasteiger partial charge < -0.3 is 15.1 Å². The zero-order chi connectivity index (χ0) is 13.4. The molecule has 4 heteroatoms. The molecule has 4 nitrogen and oxygen atoms in total. The Hall–Kier alpha value is -1.81. The van der Waals surface area contributed by atoms with E-state index < -0.39 is 0 Å². The van der Waals surface area contributed by atoms with Gasteiger partial charge in [0, 0.05) is 30.1 Å². The van der Waals surface area contributed by atoms with E-state index in [1.54, 1.807) is 6.26 Å². The quantitative estimate of drug-likeness (QED) is 0.894. The number of hydrogen-bond acceptors (Lipinski definition) is 3. The van der Waals surface area contributed by atoms with Gasteiger partial charge >= 0.3 is 0 Å². The highest BCUT2D eigenvalue weighted by Gasteiger charge is 2.24. The van der Waals surface area contributed by atoms with Crippen LogP contribution in [0.2, 0.25) is 0 Å². The third-order valence-corrected chi connectivity index (χ3v) is 3.73. The lowest BCUT2D eigenvalue weighted by Gasteiger charge is -2.15. The van der Waals surface area contributed by atoms with Crippen molar-refractivity contribution in [2.45, 2.75) is 25.8 Å². The van der Waals surface area contributed by atoms with Crippen LogP contribution in [0.15, 0.2) is 28.9 Å². The number of aryl methyl sites for hydroxylation is 1. The Morgan fingerprint density at radius 2 is 2.37 bits per heavy atom. The SMILES string of the molecule is Cc1ccc2c(CC(=O)N3CC[C@@H](N)C3)coc2c1. The topological polar surface area (TPSA) is 59.5 Å². The molecule has 100 valence electrons. The molecule has 0 aliphatic carbocycles. The number of carbonyl (C=O) groups excluding carboxylic acids is 1. The van der Waals surface area contributed by atoms with Gasteiger partial charge in [0.1, 0.15) is 5.58 Å². The maximum absolute atomic E-state index is 12.2. The van der Waals surface area contributed by atoms with E-state index in [1.165, 1.54) is 0 Å². The summed E-state index contributed by atoms with van der Waals surface area (Å²) in [5.74, 6) is 0.135. The first kappa shape index (κ1) is 12.2. The molecule has 1 aromatic heterocycles. The summed E-state index contributed by atoms with van der Waals surface area (Å²) >= 11 is 0. The molecule has 0 unspecified atom stereocenters. The number of rotatable bonds is 2. The fourth-order valence-corrected chi connectivity index (χ4v) is 2.62. The van der Waals surface area contributed by atoms with E-state index in [2.05, 4.69) is 0 Å². The van der Waals surface area contributed by atoms with E-state index in [0.29, 0.717) is 13.0 Å². The molecule has 0 radical (unpaired) electrons. The highest BCUT2D eigenvalue weighted by molar-refractivity contribution is 5.88. The van der Waals surface area contributed by atoms with Crippen molar-refractivity contribution in [2.75, 3.05) is 13.1 Å². The maximum atomic E-state index is 12.2. The number of nitrogens with two attached hydrogens (primary N) is 1. The van der Waals surface area contributed by atoms with Crippen LogP contribution in [0, 0.1) is 6.92 Å². The van der Waals surface area contributed by atoms with Crippen molar-refractivity contribution in [2.24, 2.45) is 5.73 Å². The molecule has 1 aromatic carbocycles. The average Bonchev–Trinajstić information content (AvgIpc) is 2.96. The van der Waals surface area contributed by atoms with E-state index >= 15 is 0 Å². The van der Waals surface area contributed by atoms with Crippen molar-refractivity contribution in [3.05, 3.63) is 35.6 Å². The first-order chi connectivity index (χ1) is 9.13. The number of amides is 1. The Kier molecular flexibility index (Phi) is 3.03. The first-order valence-electron chi connectivity index (χ1n) is 6.63. The summed E-state index contributed by atoms with van der Waals surface area (Å²) in [6.45, 7) is 3.47. The minimum Gasteiger partial charge on any atom is -0.464 e. The fourth-order valence-electron chi connectivity index (χ4n) is 2.62. The van der Waals surface area contributed by atoms with Gasteiger partial charge in [0.15, 0.2) is 0 Å². The van der Waals surface area contributed by atoms with Crippen LogP contribution in [-0.4, -0.2) is 29.9 Å². The molecular formula is C15H18N2O2. The molecule has 1 aliphatic heterocycles. The van der Waals surface area contributed by atoms with Gasteiger partial charge in [0.2, 0.25) is 5.91 Å². The predicted molar refractivity (Wildman–Crippen MR) is 73.8 cm³/mol. The average molecular weight is 258 g/mol. The molecule has 1 saturated heterocycles. The van der Waals surface area contributed by atoms with E-state index in [-0.39, 0.29) is 11.9 Å². The fraction of sp³-hybridized carbons (Fsp3) is 0.400. The Balaban J connectivity index is 1.80. The molecule has 2 heterocycles. The Labute approximate surface area is 112 Å². The Morgan fingerprint density at radius 1 is 1.53 bits per heavy atom. The van der Waals surface area contributed by atoms with Crippen molar-refractivity contribution in [1.82, 2.24) is 4.90 Å². The lowest BCUT2D eigenvalue weighted by molar-refractivity contribution is -0.129. The molecule has 0 spiro atoms. The number of fused-ring (bicyclic) bond motifs is 1. The van der Waals surface area contributed by atoms with Crippen LogP contribution in [0.1, 0.15) is 17.5 Å². The van der Waals surface area contributed by atoms with Crippen LogP contribution >= 0.6 is 0 Å². The van der Waals surface area contributed by atoms with Gasteiger partial charge in [-0.2, -0.15) is 0 Å². The molecular weight excluding hydrogens is 240 g/mol. The van der Waals surface area contributed by atoms with Crippen LogP contribution in [0.4, 0.5) is 0 Å². The maximum Gasteiger partial charge on any atom is 0.227 e. The molecule has 0 saturated carbocycles. The minimum atomic E-state index is 0.132. The van der Waals surface area contributed by atoms with Crippen LogP contribution in [-0.2, 0) is 11.2 Å². The van der Waals surface area contributed by atoms with Crippen molar-refractivity contribution in [1.29, 1.82) is 0 Å². The van der Waals surface area contributed by atoms with Gasteiger partial charge in [0.25, 0.3) is 0 Å². The first-order valence-corrected chi connectivity index (χ1v) is 6.63. The molecule has 1 atom stereocenters. The predicted octanol–water partition coefficient (Wildman–Crippen LogP) is 1.84.